The van der Waals surface area contributed by atoms with Crippen molar-refractivity contribution in [2.24, 2.45) is 0 Å². The van der Waals surface area contributed by atoms with E-state index in [1.165, 1.54) is 0 Å². The summed E-state index contributed by atoms with van der Waals surface area (Å²) in [4.78, 5) is 45.6. The highest BCUT2D eigenvalue weighted by Crippen LogP contribution is 2.25. The van der Waals surface area contributed by atoms with Gasteiger partial charge in [0.05, 0.1) is 13.2 Å². The summed E-state index contributed by atoms with van der Waals surface area (Å²) in [6, 6.07) is 13.8. The van der Waals surface area contributed by atoms with Crippen LogP contribution >= 0.6 is 0 Å². The number of urea groups is 1. The summed E-state index contributed by atoms with van der Waals surface area (Å²) < 4.78 is 5.50. The first-order valence-electron chi connectivity index (χ1n) is 14.0. The lowest BCUT2D eigenvalue weighted by Gasteiger charge is -2.28. The second-order valence-corrected chi connectivity index (χ2v) is 10.3. The first kappa shape index (κ1) is 28.2. The van der Waals surface area contributed by atoms with Crippen molar-refractivity contribution in [2.45, 2.75) is 12.8 Å². The highest BCUT2D eigenvalue weighted by atomic mass is 16.5. The zero-order chi connectivity index (χ0) is 28.6. The molecule has 2 fully saturated rings. The number of hydrogen-bond acceptors (Lipinski definition) is 9. The van der Waals surface area contributed by atoms with Gasteiger partial charge in [-0.1, -0.05) is 0 Å². The fraction of sp³-hybridized carbons (Fsp3) is 0.414. The van der Waals surface area contributed by atoms with Crippen LogP contribution in [0.5, 0.6) is 0 Å². The van der Waals surface area contributed by atoms with Crippen molar-refractivity contribution in [2.75, 3.05) is 87.0 Å². The number of ether oxygens (including phenoxy) is 1. The summed E-state index contributed by atoms with van der Waals surface area (Å²) in [6.07, 6.45) is 2.26. The number of morpholine rings is 1. The molecule has 0 saturated carbocycles. The molecule has 3 N–H and O–H groups in total. The number of amides is 3. The Balaban J connectivity index is 1.21. The van der Waals surface area contributed by atoms with Gasteiger partial charge < -0.3 is 35.4 Å². The fourth-order valence-electron chi connectivity index (χ4n) is 4.64. The predicted molar refractivity (Wildman–Crippen MR) is 160 cm³/mol. The van der Waals surface area contributed by atoms with Gasteiger partial charge >= 0.3 is 6.03 Å². The average Bonchev–Trinajstić information content (AvgIpc) is 3.53. The van der Waals surface area contributed by atoms with E-state index in [-0.39, 0.29) is 11.9 Å². The second kappa shape index (κ2) is 13.4. The molecule has 1 aromatic heterocycles. The minimum Gasteiger partial charge on any atom is -0.378 e. The molecule has 0 bridgehead atoms. The number of carbonyl (C=O) groups excluding carboxylic acids is 2. The van der Waals surface area contributed by atoms with Gasteiger partial charge in [-0.2, -0.15) is 15.0 Å². The number of likely N-dealkylation sites (N-methyl/N-ethyl adjacent to an activating group) is 1. The van der Waals surface area contributed by atoms with Gasteiger partial charge in [0.2, 0.25) is 11.9 Å². The Labute approximate surface area is 240 Å². The monoisotopic (exact) mass is 559 g/mol. The molecule has 2 saturated heterocycles. The molecule has 0 unspecified atom stereocenters. The van der Waals surface area contributed by atoms with E-state index in [0.717, 1.165) is 51.1 Å². The van der Waals surface area contributed by atoms with E-state index in [9.17, 15) is 9.59 Å². The SMILES string of the molecule is CN(C)CCNC(=O)c1ccc(NC(=O)Nc2ccc(-c3nc(N4CCCC4)nc(N4CCOCC4)n3)cc2)cc1. The molecule has 41 heavy (non-hydrogen) atoms. The van der Waals surface area contributed by atoms with E-state index < -0.39 is 0 Å². The van der Waals surface area contributed by atoms with Gasteiger partial charge in [0.15, 0.2) is 5.82 Å². The molecule has 0 atom stereocenters. The Kier molecular flexibility index (Phi) is 9.22. The van der Waals surface area contributed by atoms with Crippen LogP contribution in [0.1, 0.15) is 23.2 Å². The normalized spacial score (nSPS) is 15.2. The van der Waals surface area contributed by atoms with Crippen LogP contribution < -0.4 is 25.8 Å². The van der Waals surface area contributed by atoms with Crippen molar-refractivity contribution in [3.63, 3.8) is 0 Å². The van der Waals surface area contributed by atoms with Gasteiger partial charge in [0.1, 0.15) is 0 Å². The van der Waals surface area contributed by atoms with Crippen LogP contribution in [0.15, 0.2) is 48.5 Å². The van der Waals surface area contributed by atoms with Crippen molar-refractivity contribution < 1.29 is 14.3 Å². The molecule has 12 nitrogen and oxygen atoms in total. The van der Waals surface area contributed by atoms with Crippen LogP contribution in [0, 0.1) is 0 Å². The Bertz CT molecular complexity index is 1320. The third-order valence-corrected chi connectivity index (χ3v) is 6.95. The van der Waals surface area contributed by atoms with E-state index in [4.69, 9.17) is 19.7 Å². The molecule has 12 heteroatoms. The first-order valence-corrected chi connectivity index (χ1v) is 14.0. The lowest BCUT2D eigenvalue weighted by Crippen LogP contribution is -2.38. The summed E-state index contributed by atoms with van der Waals surface area (Å²) in [5.41, 5.74) is 2.59. The largest absolute Gasteiger partial charge is 0.378 e. The summed E-state index contributed by atoms with van der Waals surface area (Å²) in [5, 5.41) is 8.52. The van der Waals surface area contributed by atoms with Crippen molar-refractivity contribution in [1.29, 1.82) is 0 Å². The molecule has 3 aromatic rings. The topological polar surface area (TPSA) is 128 Å². The zero-order valence-corrected chi connectivity index (χ0v) is 23.6. The maximum Gasteiger partial charge on any atom is 0.323 e. The van der Waals surface area contributed by atoms with Crippen LogP contribution in [0.25, 0.3) is 11.4 Å². The lowest BCUT2D eigenvalue weighted by atomic mass is 10.2. The van der Waals surface area contributed by atoms with E-state index in [2.05, 4.69) is 25.8 Å². The number of benzene rings is 2. The summed E-state index contributed by atoms with van der Waals surface area (Å²) in [7, 11) is 3.91. The second-order valence-electron chi connectivity index (χ2n) is 10.3. The average molecular weight is 560 g/mol. The molecule has 3 heterocycles. The third kappa shape index (κ3) is 7.68. The van der Waals surface area contributed by atoms with Crippen LogP contribution in [0.2, 0.25) is 0 Å². The van der Waals surface area contributed by atoms with E-state index in [0.29, 0.717) is 54.4 Å². The van der Waals surface area contributed by atoms with Crippen LogP contribution in [0.4, 0.5) is 28.1 Å². The van der Waals surface area contributed by atoms with E-state index >= 15 is 0 Å². The van der Waals surface area contributed by atoms with Crippen molar-refractivity contribution >= 4 is 35.2 Å². The molecule has 3 amide bonds. The molecule has 2 aliphatic rings. The number of aromatic nitrogens is 3. The molecule has 5 rings (SSSR count). The van der Waals surface area contributed by atoms with Crippen molar-refractivity contribution in [3.05, 3.63) is 54.1 Å². The number of rotatable bonds is 9. The Morgan fingerprint density at radius 2 is 1.37 bits per heavy atom. The lowest BCUT2D eigenvalue weighted by molar-refractivity contribution is 0.0951. The number of carbonyl (C=O) groups is 2. The smallest absolute Gasteiger partial charge is 0.323 e. The van der Waals surface area contributed by atoms with Crippen LogP contribution in [-0.4, -0.2) is 98.4 Å². The predicted octanol–water partition coefficient (Wildman–Crippen LogP) is 2.91. The van der Waals surface area contributed by atoms with Gasteiger partial charge in [-0.3, -0.25) is 4.79 Å². The van der Waals surface area contributed by atoms with Gasteiger partial charge in [-0.15, -0.1) is 0 Å². The van der Waals surface area contributed by atoms with Gasteiger partial charge in [0, 0.05) is 61.8 Å². The van der Waals surface area contributed by atoms with Crippen LogP contribution in [0.3, 0.4) is 0 Å². The standard InChI is InChI=1S/C29H37N9O3/c1-36(2)16-13-30-26(39)22-7-11-24(12-8-22)32-29(40)31-23-9-5-21(6-10-23)25-33-27(37-14-3-4-15-37)35-28(34-25)38-17-19-41-20-18-38/h5-12H,3-4,13-20H2,1-2H3,(H,30,39)(H2,31,32,40). The summed E-state index contributed by atoms with van der Waals surface area (Å²) in [5.74, 6) is 1.82. The highest BCUT2D eigenvalue weighted by molar-refractivity contribution is 6.00. The molecule has 0 radical (unpaired) electrons. The van der Waals surface area contributed by atoms with Crippen molar-refractivity contribution in [1.82, 2.24) is 25.2 Å². The van der Waals surface area contributed by atoms with Gasteiger partial charge in [0.25, 0.3) is 5.91 Å². The Morgan fingerprint density at radius 3 is 1.95 bits per heavy atom. The zero-order valence-electron chi connectivity index (χ0n) is 23.6. The number of nitrogens with one attached hydrogen (secondary N) is 3. The number of hydrogen-bond donors (Lipinski definition) is 3. The molecule has 216 valence electrons. The minimum absolute atomic E-state index is 0.147. The van der Waals surface area contributed by atoms with Gasteiger partial charge in [-0.25, -0.2) is 4.79 Å². The third-order valence-electron chi connectivity index (χ3n) is 6.95. The van der Waals surface area contributed by atoms with Crippen LogP contribution in [-0.2, 0) is 4.74 Å². The van der Waals surface area contributed by atoms with E-state index in [1.807, 2.05) is 43.3 Å². The Hall–Kier alpha value is -4.29. The molecule has 0 spiro atoms. The summed E-state index contributed by atoms with van der Waals surface area (Å²) >= 11 is 0. The molecule has 0 aliphatic carbocycles. The quantitative estimate of drug-likeness (QED) is 0.363. The molecule has 2 aliphatic heterocycles. The minimum atomic E-state index is -0.382. The fourth-order valence-corrected chi connectivity index (χ4v) is 4.64. The maximum atomic E-state index is 12.6. The van der Waals surface area contributed by atoms with E-state index in [1.54, 1.807) is 24.3 Å². The van der Waals surface area contributed by atoms with Gasteiger partial charge in [-0.05, 0) is 75.5 Å². The first-order chi connectivity index (χ1) is 19.9. The Morgan fingerprint density at radius 1 is 0.805 bits per heavy atom. The molecular formula is C29H37N9O3. The maximum absolute atomic E-state index is 12.6. The van der Waals surface area contributed by atoms with Crippen molar-refractivity contribution in [3.8, 4) is 11.4 Å². The highest BCUT2D eigenvalue weighted by Gasteiger charge is 2.21. The summed E-state index contributed by atoms with van der Waals surface area (Å²) in [6.45, 7) is 6.00. The molecule has 2 aromatic carbocycles. The number of anilines is 4. The number of nitrogens with zero attached hydrogens (tertiary/aromatic N) is 6. The molecular weight excluding hydrogens is 522 g/mol.